The molecule has 0 unspecified atom stereocenters. The Morgan fingerprint density at radius 3 is 2.65 bits per heavy atom. The van der Waals surface area contributed by atoms with E-state index in [4.69, 9.17) is 11.6 Å². The van der Waals surface area contributed by atoms with Crippen LogP contribution in [-0.4, -0.2) is 23.4 Å². The molecule has 106 valence electrons. The lowest BCUT2D eigenvalue weighted by Crippen LogP contribution is -2.29. The van der Waals surface area contributed by atoms with Crippen molar-refractivity contribution < 1.29 is 8.42 Å². The maximum absolute atomic E-state index is 12.0. The van der Waals surface area contributed by atoms with Gasteiger partial charge in [-0.2, -0.15) is 0 Å². The summed E-state index contributed by atoms with van der Waals surface area (Å²) in [6.07, 6.45) is 2.03. The van der Waals surface area contributed by atoms with E-state index in [0.29, 0.717) is 5.56 Å². The van der Waals surface area contributed by atoms with Crippen LogP contribution < -0.4 is 16.0 Å². The minimum absolute atomic E-state index is 0.150. The van der Waals surface area contributed by atoms with Crippen molar-refractivity contribution in [3.63, 3.8) is 0 Å². The maximum Gasteiger partial charge on any atom is 0.325 e. The second-order valence-corrected chi connectivity index (χ2v) is 5.88. The summed E-state index contributed by atoms with van der Waals surface area (Å²) in [6, 6.07) is 1.47. The summed E-state index contributed by atoms with van der Waals surface area (Å²) >= 11 is 5.73. The number of H-pyrrole nitrogens is 2. The Hall–Kier alpha value is -2.13. The van der Waals surface area contributed by atoms with Crippen molar-refractivity contribution in [1.82, 2.24) is 15.0 Å². The van der Waals surface area contributed by atoms with E-state index in [1.54, 1.807) is 6.92 Å². The van der Waals surface area contributed by atoms with Crippen LogP contribution in [0.5, 0.6) is 0 Å². The Morgan fingerprint density at radius 1 is 1.35 bits per heavy atom. The van der Waals surface area contributed by atoms with Gasteiger partial charge in [0.15, 0.2) is 4.90 Å². The zero-order valence-electron chi connectivity index (χ0n) is 10.1. The molecule has 2 aromatic rings. The Balaban J connectivity index is 2.43. The van der Waals surface area contributed by atoms with Gasteiger partial charge in [0.1, 0.15) is 5.15 Å². The summed E-state index contributed by atoms with van der Waals surface area (Å²) in [5, 5.41) is 0.245. The second kappa shape index (κ2) is 5.10. The van der Waals surface area contributed by atoms with Crippen LogP contribution >= 0.6 is 11.6 Å². The standard InChI is InChI=1S/C10H9ClN4O4S/c1-5-2-6(3-12-8(5)11)15-20(18,19)7-4-13-10(17)14-9(7)16/h2-4,15H,1H3,(H2,13,14,16,17). The van der Waals surface area contributed by atoms with Crippen molar-refractivity contribution in [1.29, 1.82) is 0 Å². The molecule has 0 aliphatic carbocycles. The Bertz CT molecular complexity index is 871. The molecule has 0 bridgehead atoms. The molecule has 2 rings (SSSR count). The molecule has 2 heterocycles. The van der Waals surface area contributed by atoms with Crippen molar-refractivity contribution in [2.24, 2.45) is 0 Å². The summed E-state index contributed by atoms with van der Waals surface area (Å²) in [6.45, 7) is 1.65. The fraction of sp³-hybridized carbons (Fsp3) is 0.100. The van der Waals surface area contributed by atoms with Crippen LogP contribution in [0.3, 0.4) is 0 Å². The normalized spacial score (nSPS) is 11.3. The summed E-state index contributed by atoms with van der Waals surface area (Å²) in [5.41, 5.74) is -1.09. The number of pyridine rings is 1. The highest BCUT2D eigenvalue weighted by Crippen LogP contribution is 2.18. The number of aromatic amines is 2. The van der Waals surface area contributed by atoms with Gasteiger partial charge in [-0.05, 0) is 18.6 Å². The van der Waals surface area contributed by atoms with Gasteiger partial charge in [-0.15, -0.1) is 0 Å². The fourth-order valence-corrected chi connectivity index (χ4v) is 2.57. The summed E-state index contributed by atoms with van der Waals surface area (Å²) in [5.74, 6) is 0. The van der Waals surface area contributed by atoms with Gasteiger partial charge in [0, 0.05) is 6.20 Å². The van der Waals surface area contributed by atoms with E-state index >= 15 is 0 Å². The predicted octanol–water partition coefficient (Wildman–Crippen LogP) is 0.221. The maximum atomic E-state index is 12.0. The summed E-state index contributed by atoms with van der Waals surface area (Å²) in [7, 11) is -4.14. The van der Waals surface area contributed by atoms with E-state index < -0.39 is 26.2 Å². The molecule has 0 atom stereocenters. The monoisotopic (exact) mass is 316 g/mol. The van der Waals surface area contributed by atoms with Crippen LogP contribution in [0.15, 0.2) is 32.9 Å². The predicted molar refractivity (Wildman–Crippen MR) is 72.5 cm³/mol. The van der Waals surface area contributed by atoms with Gasteiger partial charge in [0.05, 0.1) is 11.9 Å². The number of hydrogen-bond donors (Lipinski definition) is 3. The van der Waals surface area contributed by atoms with Crippen LogP contribution in [0.1, 0.15) is 5.56 Å². The lowest BCUT2D eigenvalue weighted by atomic mass is 10.3. The zero-order valence-corrected chi connectivity index (χ0v) is 11.7. The van der Waals surface area contributed by atoms with Crippen LogP contribution in [0.2, 0.25) is 5.15 Å². The molecule has 0 aliphatic rings. The number of aryl methyl sites for hydroxylation is 1. The highest BCUT2D eigenvalue weighted by Gasteiger charge is 2.19. The van der Waals surface area contributed by atoms with Gasteiger partial charge in [-0.1, -0.05) is 11.6 Å². The highest BCUT2D eigenvalue weighted by atomic mass is 35.5. The zero-order chi connectivity index (χ0) is 14.9. The van der Waals surface area contributed by atoms with Gasteiger partial charge in [0.2, 0.25) is 0 Å². The first-order valence-corrected chi connectivity index (χ1v) is 7.13. The Morgan fingerprint density at radius 2 is 2.05 bits per heavy atom. The molecule has 0 saturated heterocycles. The molecular weight excluding hydrogens is 308 g/mol. The number of nitrogens with one attached hydrogen (secondary N) is 3. The second-order valence-electron chi connectivity index (χ2n) is 3.87. The molecule has 0 amide bonds. The molecule has 20 heavy (non-hydrogen) atoms. The SMILES string of the molecule is Cc1cc(NS(=O)(=O)c2c[nH]c(=O)[nH]c2=O)cnc1Cl. The fourth-order valence-electron chi connectivity index (χ4n) is 1.42. The van der Waals surface area contributed by atoms with E-state index in [9.17, 15) is 18.0 Å². The molecule has 0 aliphatic heterocycles. The lowest BCUT2D eigenvalue weighted by Gasteiger charge is -2.07. The molecule has 0 aromatic carbocycles. The summed E-state index contributed by atoms with van der Waals surface area (Å²) in [4.78, 5) is 29.4. The number of hydrogen-bond acceptors (Lipinski definition) is 5. The number of halogens is 1. The van der Waals surface area contributed by atoms with E-state index in [0.717, 1.165) is 6.20 Å². The first-order valence-electron chi connectivity index (χ1n) is 5.26. The van der Waals surface area contributed by atoms with Gasteiger partial charge in [-0.25, -0.2) is 18.2 Å². The number of rotatable bonds is 3. The third kappa shape index (κ3) is 2.89. The quantitative estimate of drug-likeness (QED) is 0.699. The van der Waals surface area contributed by atoms with Gasteiger partial charge in [0.25, 0.3) is 15.6 Å². The molecule has 0 saturated carbocycles. The van der Waals surface area contributed by atoms with Crippen LogP contribution in [0.25, 0.3) is 0 Å². The molecule has 8 nitrogen and oxygen atoms in total. The van der Waals surface area contributed by atoms with Crippen LogP contribution in [0.4, 0.5) is 5.69 Å². The van der Waals surface area contributed by atoms with Gasteiger partial charge in [-0.3, -0.25) is 14.5 Å². The minimum atomic E-state index is -4.14. The molecule has 2 aromatic heterocycles. The van der Waals surface area contributed by atoms with Gasteiger partial charge < -0.3 is 4.98 Å². The van der Waals surface area contributed by atoms with Crippen molar-refractivity contribution in [2.45, 2.75) is 11.8 Å². The third-order valence-corrected chi connectivity index (χ3v) is 4.12. The van der Waals surface area contributed by atoms with Crippen LogP contribution in [0, 0.1) is 6.92 Å². The number of nitrogens with zero attached hydrogens (tertiary/aromatic N) is 1. The van der Waals surface area contributed by atoms with Crippen molar-refractivity contribution in [3.8, 4) is 0 Å². The average molecular weight is 317 g/mol. The summed E-state index contributed by atoms with van der Waals surface area (Å²) < 4.78 is 26.2. The van der Waals surface area contributed by atoms with E-state index in [-0.39, 0.29) is 10.8 Å². The minimum Gasteiger partial charge on any atom is -0.313 e. The van der Waals surface area contributed by atoms with E-state index in [1.807, 2.05) is 4.98 Å². The number of sulfonamides is 1. The number of anilines is 1. The largest absolute Gasteiger partial charge is 0.325 e. The topological polar surface area (TPSA) is 125 Å². The first-order chi connectivity index (χ1) is 9.29. The molecule has 3 N–H and O–H groups in total. The van der Waals surface area contributed by atoms with Crippen LogP contribution in [-0.2, 0) is 10.0 Å². The molecule has 0 radical (unpaired) electrons. The molecule has 0 fully saturated rings. The van der Waals surface area contributed by atoms with E-state index in [2.05, 4.69) is 14.7 Å². The first kappa shape index (κ1) is 14.3. The highest BCUT2D eigenvalue weighted by molar-refractivity contribution is 7.92. The lowest BCUT2D eigenvalue weighted by molar-refractivity contribution is 0.599. The van der Waals surface area contributed by atoms with Gasteiger partial charge >= 0.3 is 5.69 Å². The molecular formula is C10H9ClN4O4S. The smallest absolute Gasteiger partial charge is 0.313 e. The molecule has 0 spiro atoms. The van der Waals surface area contributed by atoms with Crippen molar-refractivity contribution in [3.05, 3.63) is 50.0 Å². The Labute approximate surface area is 117 Å². The Kier molecular flexibility index (Phi) is 3.64. The average Bonchev–Trinajstić information content (AvgIpc) is 2.33. The third-order valence-electron chi connectivity index (χ3n) is 2.34. The van der Waals surface area contributed by atoms with Crippen molar-refractivity contribution in [2.75, 3.05) is 4.72 Å². The van der Waals surface area contributed by atoms with E-state index in [1.165, 1.54) is 12.3 Å². The number of aromatic nitrogens is 3. The molecule has 10 heteroatoms. The van der Waals surface area contributed by atoms with Crippen molar-refractivity contribution >= 4 is 27.3 Å².